The van der Waals surface area contributed by atoms with E-state index in [-0.39, 0.29) is 11.1 Å². The van der Waals surface area contributed by atoms with Gasteiger partial charge in [-0.25, -0.2) is 9.59 Å². The third-order valence-electron chi connectivity index (χ3n) is 3.99. The number of rotatable bonds is 4. The van der Waals surface area contributed by atoms with Crippen molar-refractivity contribution in [2.24, 2.45) is 5.92 Å². The van der Waals surface area contributed by atoms with Crippen LogP contribution in [0.4, 0.5) is 0 Å². The summed E-state index contributed by atoms with van der Waals surface area (Å²) in [5, 5.41) is 27.8. The zero-order valence-electron chi connectivity index (χ0n) is 11.7. The predicted octanol–water partition coefficient (Wildman–Crippen LogP) is 1.92. The van der Waals surface area contributed by atoms with Crippen molar-refractivity contribution in [3.8, 4) is 0 Å². The zero-order chi connectivity index (χ0) is 16.5. The number of hydrogen-bond donors (Lipinski definition) is 3. The van der Waals surface area contributed by atoms with Gasteiger partial charge in [-0.1, -0.05) is 37.3 Å². The van der Waals surface area contributed by atoms with E-state index >= 15 is 0 Å². The lowest BCUT2D eigenvalue weighted by Gasteiger charge is -2.35. The lowest BCUT2D eigenvalue weighted by molar-refractivity contribution is -0.143. The highest BCUT2D eigenvalue weighted by molar-refractivity contribution is 5.94. The van der Waals surface area contributed by atoms with Crippen LogP contribution < -0.4 is 0 Å². The van der Waals surface area contributed by atoms with E-state index < -0.39 is 29.2 Å². The van der Waals surface area contributed by atoms with Crippen molar-refractivity contribution in [3.63, 3.8) is 0 Å². The molecule has 2 atom stereocenters. The van der Waals surface area contributed by atoms with Crippen LogP contribution in [0.15, 0.2) is 48.1 Å². The summed E-state index contributed by atoms with van der Waals surface area (Å²) in [5.41, 5.74) is -1.18. The topological polar surface area (TPSA) is 112 Å². The molecule has 1 aliphatic carbocycles. The van der Waals surface area contributed by atoms with Gasteiger partial charge in [0.1, 0.15) is 5.41 Å². The summed E-state index contributed by atoms with van der Waals surface area (Å²) in [6.45, 7) is 1.53. The minimum absolute atomic E-state index is 0.00721. The number of benzene rings is 1. The number of carboxylic acid groups (broad SMARTS) is 3. The number of aliphatic carboxylic acids is 2. The Morgan fingerprint density at radius 3 is 2.05 bits per heavy atom. The SMILES string of the molecule is CC1C(C(=O)O)=CC=CC1(C(=O)O)c1ccc(C(=O)O)cc1. The average molecular weight is 302 g/mol. The summed E-state index contributed by atoms with van der Waals surface area (Å²) in [7, 11) is 0. The first-order chi connectivity index (χ1) is 10.3. The molecule has 3 N–H and O–H groups in total. The molecular formula is C16H14O6. The Labute approximate surface area is 126 Å². The largest absolute Gasteiger partial charge is 0.480 e. The highest BCUT2D eigenvalue weighted by Crippen LogP contribution is 2.41. The van der Waals surface area contributed by atoms with Crippen LogP contribution in [0.3, 0.4) is 0 Å². The van der Waals surface area contributed by atoms with Crippen molar-refractivity contribution < 1.29 is 29.7 Å². The second-order valence-electron chi connectivity index (χ2n) is 5.06. The second-order valence-corrected chi connectivity index (χ2v) is 5.06. The smallest absolute Gasteiger partial charge is 0.335 e. The molecule has 0 bridgehead atoms. The molecule has 0 amide bonds. The summed E-state index contributed by atoms with van der Waals surface area (Å²) >= 11 is 0. The van der Waals surface area contributed by atoms with Crippen molar-refractivity contribution in [1.29, 1.82) is 0 Å². The molecule has 1 aromatic rings. The van der Waals surface area contributed by atoms with Crippen LogP contribution in [0.2, 0.25) is 0 Å². The van der Waals surface area contributed by atoms with E-state index in [1.165, 1.54) is 49.4 Å². The van der Waals surface area contributed by atoms with Gasteiger partial charge in [-0.3, -0.25) is 4.79 Å². The number of aromatic carboxylic acids is 1. The zero-order valence-corrected chi connectivity index (χ0v) is 11.7. The Morgan fingerprint density at radius 2 is 1.59 bits per heavy atom. The van der Waals surface area contributed by atoms with Gasteiger partial charge >= 0.3 is 17.9 Å². The molecular weight excluding hydrogens is 288 g/mol. The Balaban J connectivity index is 2.57. The Morgan fingerprint density at radius 1 is 1.00 bits per heavy atom. The minimum atomic E-state index is -1.54. The van der Waals surface area contributed by atoms with Crippen LogP contribution in [0.25, 0.3) is 0 Å². The number of hydrogen-bond acceptors (Lipinski definition) is 3. The molecule has 6 nitrogen and oxygen atoms in total. The van der Waals surface area contributed by atoms with Gasteiger partial charge in [0, 0.05) is 11.5 Å². The summed E-state index contributed by atoms with van der Waals surface area (Å²) < 4.78 is 0. The van der Waals surface area contributed by atoms with Crippen molar-refractivity contribution in [2.45, 2.75) is 12.3 Å². The maximum Gasteiger partial charge on any atom is 0.335 e. The summed E-state index contributed by atoms with van der Waals surface area (Å²) in [6.07, 6.45) is 4.21. The lowest BCUT2D eigenvalue weighted by Crippen LogP contribution is -2.43. The predicted molar refractivity (Wildman–Crippen MR) is 76.7 cm³/mol. The van der Waals surface area contributed by atoms with Crippen LogP contribution in [-0.4, -0.2) is 33.2 Å². The van der Waals surface area contributed by atoms with E-state index in [9.17, 15) is 24.6 Å². The molecule has 2 unspecified atom stereocenters. The molecule has 22 heavy (non-hydrogen) atoms. The third-order valence-corrected chi connectivity index (χ3v) is 3.99. The fourth-order valence-corrected chi connectivity index (χ4v) is 2.71. The number of carboxylic acids is 3. The van der Waals surface area contributed by atoms with E-state index in [2.05, 4.69) is 0 Å². The summed E-state index contributed by atoms with van der Waals surface area (Å²) in [5.74, 6) is -4.28. The maximum atomic E-state index is 11.9. The lowest BCUT2D eigenvalue weighted by atomic mass is 9.66. The van der Waals surface area contributed by atoms with Gasteiger partial charge in [0.2, 0.25) is 0 Å². The van der Waals surface area contributed by atoms with E-state index in [1.54, 1.807) is 0 Å². The molecule has 1 aliphatic rings. The second kappa shape index (κ2) is 5.48. The molecule has 0 aromatic heterocycles. The molecule has 114 valence electrons. The molecule has 0 aliphatic heterocycles. The molecule has 1 aromatic carbocycles. The van der Waals surface area contributed by atoms with Gasteiger partial charge in [0.15, 0.2) is 0 Å². The average Bonchev–Trinajstić information content (AvgIpc) is 2.47. The van der Waals surface area contributed by atoms with E-state index in [1.807, 2.05) is 0 Å². The molecule has 0 saturated heterocycles. The van der Waals surface area contributed by atoms with Gasteiger partial charge in [0.05, 0.1) is 5.56 Å². The monoisotopic (exact) mass is 302 g/mol. The molecule has 0 heterocycles. The minimum Gasteiger partial charge on any atom is -0.480 e. The molecule has 0 saturated carbocycles. The van der Waals surface area contributed by atoms with Gasteiger partial charge in [-0.15, -0.1) is 0 Å². The highest BCUT2D eigenvalue weighted by Gasteiger charge is 2.47. The van der Waals surface area contributed by atoms with Gasteiger partial charge in [0.25, 0.3) is 0 Å². The third kappa shape index (κ3) is 2.28. The van der Waals surface area contributed by atoms with E-state index in [0.717, 1.165) is 0 Å². The van der Waals surface area contributed by atoms with Crippen molar-refractivity contribution in [1.82, 2.24) is 0 Å². The molecule has 0 radical (unpaired) electrons. The van der Waals surface area contributed by atoms with Gasteiger partial charge in [-0.05, 0) is 17.7 Å². The fourth-order valence-electron chi connectivity index (χ4n) is 2.71. The van der Waals surface area contributed by atoms with Crippen LogP contribution in [-0.2, 0) is 15.0 Å². The standard InChI is InChI=1S/C16H14O6/c1-9-12(14(19)20)3-2-8-16(9,15(21)22)11-6-4-10(5-7-11)13(17)18/h2-9H,1H3,(H,17,18)(H,19,20)(H,21,22). The quantitative estimate of drug-likeness (QED) is 0.783. The van der Waals surface area contributed by atoms with Crippen molar-refractivity contribution in [3.05, 3.63) is 59.2 Å². The molecule has 0 fully saturated rings. The van der Waals surface area contributed by atoms with Crippen LogP contribution in [0.1, 0.15) is 22.8 Å². The van der Waals surface area contributed by atoms with E-state index in [4.69, 9.17) is 5.11 Å². The van der Waals surface area contributed by atoms with Crippen LogP contribution >= 0.6 is 0 Å². The van der Waals surface area contributed by atoms with E-state index in [0.29, 0.717) is 5.56 Å². The first-order valence-corrected chi connectivity index (χ1v) is 6.50. The maximum absolute atomic E-state index is 11.9. The Hall–Kier alpha value is -2.89. The molecule has 0 spiro atoms. The van der Waals surface area contributed by atoms with Crippen LogP contribution in [0, 0.1) is 5.92 Å². The summed E-state index contributed by atoms with van der Waals surface area (Å²) in [4.78, 5) is 34.1. The van der Waals surface area contributed by atoms with Crippen LogP contribution in [0.5, 0.6) is 0 Å². The highest BCUT2D eigenvalue weighted by atomic mass is 16.4. The number of allylic oxidation sites excluding steroid dienone is 2. The molecule has 2 rings (SSSR count). The Bertz CT molecular complexity index is 698. The van der Waals surface area contributed by atoms with Crippen molar-refractivity contribution >= 4 is 17.9 Å². The summed E-state index contributed by atoms with van der Waals surface area (Å²) in [6, 6.07) is 5.43. The van der Waals surface area contributed by atoms with Crippen molar-refractivity contribution in [2.75, 3.05) is 0 Å². The fraction of sp³-hybridized carbons (Fsp3) is 0.188. The molecule has 6 heteroatoms. The first kappa shape index (κ1) is 15.5. The normalized spacial score (nSPS) is 23.7. The van der Waals surface area contributed by atoms with Gasteiger partial charge in [-0.2, -0.15) is 0 Å². The first-order valence-electron chi connectivity index (χ1n) is 6.50. The number of carbonyl (C=O) groups is 3. The van der Waals surface area contributed by atoms with Gasteiger partial charge < -0.3 is 15.3 Å². The Kier molecular flexibility index (Phi) is 3.86.